The normalized spacial score (nSPS) is 17.5. The number of aromatic nitrogens is 1. The first-order valence-corrected chi connectivity index (χ1v) is 15.2. The highest BCUT2D eigenvalue weighted by molar-refractivity contribution is 9.10. The molecule has 0 spiro atoms. The zero-order valence-electron chi connectivity index (χ0n) is 23.9. The molecular weight excluding hydrogens is 584 g/mol. The Kier molecular flexibility index (Phi) is 9.60. The van der Waals surface area contributed by atoms with Crippen LogP contribution in [0.3, 0.4) is 0 Å². The van der Waals surface area contributed by atoms with Gasteiger partial charge in [0, 0.05) is 53.8 Å². The van der Waals surface area contributed by atoms with E-state index < -0.39 is 0 Å². The molecule has 0 aliphatic carbocycles. The maximum atomic E-state index is 13.6. The van der Waals surface area contributed by atoms with Gasteiger partial charge in [0.2, 0.25) is 0 Å². The van der Waals surface area contributed by atoms with Crippen LogP contribution < -0.4 is 10.2 Å². The SMILES string of the molecule is CCONC(=C1CCN(C2(C)CCN(C(=O)c3ccnc4cc(OCCO)ccc34)CC2)CC1)c1ccc(Br)cc1. The van der Waals surface area contributed by atoms with Crippen molar-refractivity contribution in [3.63, 3.8) is 0 Å². The zero-order valence-corrected chi connectivity index (χ0v) is 25.5. The second-order valence-corrected chi connectivity index (χ2v) is 11.8. The smallest absolute Gasteiger partial charge is 0.254 e. The zero-order chi connectivity index (χ0) is 28.8. The Balaban J connectivity index is 1.23. The van der Waals surface area contributed by atoms with Gasteiger partial charge in [-0.25, -0.2) is 0 Å². The molecule has 2 N–H and O–H groups in total. The Hall–Kier alpha value is -2.98. The molecule has 9 heteroatoms. The van der Waals surface area contributed by atoms with Crippen LogP contribution in [-0.4, -0.2) is 77.3 Å². The van der Waals surface area contributed by atoms with E-state index in [1.807, 2.05) is 36.1 Å². The summed E-state index contributed by atoms with van der Waals surface area (Å²) in [6.07, 6.45) is 5.53. The van der Waals surface area contributed by atoms with Gasteiger partial charge in [0.15, 0.2) is 0 Å². The summed E-state index contributed by atoms with van der Waals surface area (Å²) in [5.74, 6) is 0.683. The van der Waals surface area contributed by atoms with Crippen LogP contribution in [-0.2, 0) is 4.84 Å². The summed E-state index contributed by atoms with van der Waals surface area (Å²) < 4.78 is 6.58. The van der Waals surface area contributed by atoms with Crippen molar-refractivity contribution in [2.75, 3.05) is 46.0 Å². The van der Waals surface area contributed by atoms with Crippen molar-refractivity contribution in [3.05, 3.63) is 75.9 Å². The van der Waals surface area contributed by atoms with Crippen LogP contribution >= 0.6 is 15.9 Å². The van der Waals surface area contributed by atoms with Gasteiger partial charge in [-0.05, 0) is 81.0 Å². The highest BCUT2D eigenvalue weighted by Crippen LogP contribution is 2.35. The van der Waals surface area contributed by atoms with Gasteiger partial charge in [-0.2, -0.15) is 0 Å². The number of piperidine rings is 2. The Morgan fingerprint density at radius 2 is 1.80 bits per heavy atom. The number of aliphatic hydroxyl groups is 1. The molecule has 5 rings (SSSR count). The summed E-state index contributed by atoms with van der Waals surface area (Å²) in [7, 11) is 0. The first-order chi connectivity index (χ1) is 19.9. The Morgan fingerprint density at radius 3 is 2.49 bits per heavy atom. The maximum Gasteiger partial charge on any atom is 0.254 e. The molecule has 1 aromatic heterocycles. The van der Waals surface area contributed by atoms with Gasteiger partial charge in [0.1, 0.15) is 12.4 Å². The summed E-state index contributed by atoms with van der Waals surface area (Å²) in [5, 5.41) is 9.85. The molecule has 3 aromatic rings. The molecule has 8 nitrogen and oxygen atoms in total. The average Bonchev–Trinajstić information content (AvgIpc) is 3.01. The first kappa shape index (κ1) is 29.5. The lowest BCUT2D eigenvalue weighted by molar-refractivity contribution is 0.0257. The Labute approximate surface area is 250 Å². The number of fused-ring (bicyclic) bond motifs is 1. The van der Waals surface area contributed by atoms with Crippen molar-refractivity contribution >= 4 is 38.4 Å². The number of carbonyl (C=O) groups excluding carboxylic acids is 1. The second-order valence-electron chi connectivity index (χ2n) is 10.9. The number of hydrogen-bond acceptors (Lipinski definition) is 7. The van der Waals surface area contributed by atoms with E-state index in [0.717, 1.165) is 73.0 Å². The minimum atomic E-state index is -0.0503. The quantitative estimate of drug-likeness (QED) is 0.309. The molecular formula is C32H39BrN4O4. The predicted octanol–water partition coefficient (Wildman–Crippen LogP) is 5.41. The summed E-state index contributed by atoms with van der Waals surface area (Å²) >= 11 is 3.53. The molecule has 0 radical (unpaired) electrons. The van der Waals surface area contributed by atoms with Crippen molar-refractivity contribution in [1.82, 2.24) is 20.3 Å². The number of pyridine rings is 1. The maximum absolute atomic E-state index is 13.6. The highest BCUT2D eigenvalue weighted by atomic mass is 79.9. The molecule has 1 amide bonds. The molecule has 2 aliphatic rings. The van der Waals surface area contributed by atoms with Crippen LogP contribution in [0.25, 0.3) is 16.6 Å². The van der Waals surface area contributed by atoms with Crippen LogP contribution in [0.15, 0.2) is 64.8 Å². The van der Waals surface area contributed by atoms with Crippen molar-refractivity contribution < 1.29 is 19.5 Å². The standard InChI is InChI=1S/C32H39BrN4O4/c1-3-41-35-30(23-4-6-25(33)7-5-23)24-11-16-37(17-12-24)32(2)13-18-36(19-14-32)31(39)28-10-15-34-29-22-26(40-21-20-38)8-9-27(28)29/h4-10,15,22,35,38H,3,11-14,16-21H2,1-2H3. The predicted molar refractivity (Wildman–Crippen MR) is 164 cm³/mol. The van der Waals surface area contributed by atoms with Crippen molar-refractivity contribution in [2.24, 2.45) is 0 Å². The van der Waals surface area contributed by atoms with Gasteiger partial charge in [0.05, 0.1) is 30.0 Å². The lowest BCUT2D eigenvalue weighted by atomic mass is 9.84. The second kappa shape index (κ2) is 13.3. The van der Waals surface area contributed by atoms with Gasteiger partial charge >= 0.3 is 0 Å². The number of aliphatic hydroxyl groups excluding tert-OH is 1. The molecule has 0 atom stereocenters. The molecule has 0 bridgehead atoms. The topological polar surface area (TPSA) is 87.2 Å². The molecule has 41 heavy (non-hydrogen) atoms. The number of hydroxylamine groups is 1. The van der Waals surface area contributed by atoms with Crippen LogP contribution in [0.5, 0.6) is 5.75 Å². The van der Waals surface area contributed by atoms with E-state index in [4.69, 9.17) is 14.7 Å². The molecule has 3 heterocycles. The van der Waals surface area contributed by atoms with Crippen LogP contribution in [0.2, 0.25) is 0 Å². The van der Waals surface area contributed by atoms with Crippen molar-refractivity contribution in [1.29, 1.82) is 0 Å². The van der Waals surface area contributed by atoms with E-state index in [9.17, 15) is 4.79 Å². The lowest BCUT2D eigenvalue weighted by Crippen LogP contribution is -2.56. The fourth-order valence-electron chi connectivity index (χ4n) is 5.91. The number of ether oxygens (including phenoxy) is 1. The third-order valence-corrected chi connectivity index (χ3v) is 8.90. The number of benzene rings is 2. The highest BCUT2D eigenvalue weighted by Gasteiger charge is 2.38. The van der Waals surface area contributed by atoms with Crippen LogP contribution in [0.4, 0.5) is 0 Å². The minimum absolute atomic E-state index is 0.0495. The van der Waals surface area contributed by atoms with E-state index >= 15 is 0 Å². The number of rotatable bonds is 9. The minimum Gasteiger partial charge on any atom is -0.491 e. The lowest BCUT2D eigenvalue weighted by Gasteiger charge is -2.48. The number of halogens is 1. The van der Waals surface area contributed by atoms with E-state index in [2.05, 4.69) is 62.5 Å². The molecule has 218 valence electrons. The number of amides is 1. The van der Waals surface area contributed by atoms with Gasteiger partial charge in [-0.15, -0.1) is 0 Å². The number of likely N-dealkylation sites (tertiary alicyclic amines) is 2. The number of hydrogen-bond donors (Lipinski definition) is 2. The Bertz CT molecular complexity index is 1380. The van der Waals surface area contributed by atoms with Crippen LogP contribution in [0, 0.1) is 0 Å². The number of carbonyl (C=O) groups is 1. The average molecular weight is 624 g/mol. The number of nitrogens with one attached hydrogen (secondary N) is 1. The van der Waals surface area contributed by atoms with Gasteiger partial charge in [-0.3, -0.25) is 25.0 Å². The Morgan fingerprint density at radius 1 is 1.07 bits per heavy atom. The van der Waals surface area contributed by atoms with Gasteiger partial charge in [-0.1, -0.05) is 28.1 Å². The number of nitrogens with zero attached hydrogens (tertiary/aromatic N) is 3. The summed E-state index contributed by atoms with van der Waals surface area (Å²) in [4.78, 5) is 28.3. The molecule has 0 saturated carbocycles. The largest absolute Gasteiger partial charge is 0.491 e. The van der Waals surface area contributed by atoms with Crippen LogP contribution in [0.1, 0.15) is 55.5 Å². The summed E-state index contributed by atoms with van der Waals surface area (Å²) in [6.45, 7) is 8.55. The summed E-state index contributed by atoms with van der Waals surface area (Å²) in [5.41, 5.74) is 8.28. The van der Waals surface area contributed by atoms with E-state index in [1.165, 1.54) is 5.57 Å². The summed E-state index contributed by atoms with van der Waals surface area (Å²) in [6, 6.07) is 15.7. The van der Waals surface area contributed by atoms with E-state index in [-0.39, 0.29) is 24.7 Å². The molecule has 2 aliphatic heterocycles. The molecule has 2 aromatic carbocycles. The molecule has 0 unspecified atom stereocenters. The van der Waals surface area contributed by atoms with Crippen molar-refractivity contribution in [2.45, 2.75) is 45.1 Å². The third kappa shape index (κ3) is 6.75. The van der Waals surface area contributed by atoms with E-state index in [0.29, 0.717) is 23.4 Å². The third-order valence-electron chi connectivity index (χ3n) is 8.37. The monoisotopic (exact) mass is 622 g/mol. The fourth-order valence-corrected chi connectivity index (χ4v) is 6.17. The molecule has 2 fully saturated rings. The van der Waals surface area contributed by atoms with Crippen molar-refractivity contribution in [3.8, 4) is 5.75 Å². The van der Waals surface area contributed by atoms with Gasteiger partial charge < -0.3 is 14.7 Å². The molecule has 2 saturated heterocycles. The van der Waals surface area contributed by atoms with E-state index in [1.54, 1.807) is 6.20 Å². The first-order valence-electron chi connectivity index (χ1n) is 14.4. The van der Waals surface area contributed by atoms with Gasteiger partial charge in [0.25, 0.3) is 5.91 Å². The fraction of sp³-hybridized carbons (Fsp3) is 0.438.